The quantitative estimate of drug-likeness (QED) is 0.316. The number of hydrogen-bond donors (Lipinski definition) is 2. The average molecular weight is 539 g/mol. The fourth-order valence-corrected chi connectivity index (χ4v) is 4.14. The minimum atomic E-state index is -0.306. The van der Waals surface area contributed by atoms with Gasteiger partial charge in [0.1, 0.15) is 5.82 Å². The molecule has 0 amide bonds. The Hall–Kier alpha value is -0.640. The van der Waals surface area contributed by atoms with Crippen LogP contribution < -0.4 is 10.6 Å². The van der Waals surface area contributed by atoms with Gasteiger partial charge in [-0.1, -0.05) is 17.7 Å². The Labute approximate surface area is 195 Å². The Kier molecular flexibility index (Phi) is 11.0. The van der Waals surface area contributed by atoms with E-state index < -0.39 is 0 Å². The number of likely N-dealkylation sites (tertiary alicyclic amines) is 1. The molecule has 1 unspecified atom stereocenters. The van der Waals surface area contributed by atoms with E-state index >= 15 is 0 Å². The number of benzene rings is 1. The standard InChI is InChI=1S/C21H32ClFN4O.HI/c1-2-24-21(25-9-5-17-3-4-18(23)13-20(17)22)26-19-6-10-27(11-7-19)14-16-8-12-28-15-16;/h3-4,13,16,19H,2,5-12,14-15H2,1H3,(H2,24,25,26);1H. The van der Waals surface area contributed by atoms with Crippen LogP contribution in [-0.2, 0) is 11.2 Å². The normalized spacial score (nSPS) is 21.1. The first-order valence-electron chi connectivity index (χ1n) is 10.4. The van der Waals surface area contributed by atoms with Crippen molar-refractivity contribution in [3.8, 4) is 0 Å². The van der Waals surface area contributed by atoms with E-state index in [-0.39, 0.29) is 29.8 Å². The first kappa shape index (κ1) is 24.6. The molecule has 1 aromatic rings. The number of nitrogens with one attached hydrogen (secondary N) is 2. The molecule has 1 aromatic carbocycles. The second kappa shape index (κ2) is 12.9. The van der Waals surface area contributed by atoms with Crippen molar-refractivity contribution >= 4 is 41.5 Å². The van der Waals surface area contributed by atoms with Crippen molar-refractivity contribution in [2.45, 2.75) is 38.6 Å². The van der Waals surface area contributed by atoms with Crippen LogP contribution in [0.3, 0.4) is 0 Å². The summed E-state index contributed by atoms with van der Waals surface area (Å²) in [5.74, 6) is 1.25. The molecule has 2 heterocycles. The van der Waals surface area contributed by atoms with Gasteiger partial charge >= 0.3 is 0 Å². The summed E-state index contributed by atoms with van der Waals surface area (Å²) in [7, 11) is 0. The van der Waals surface area contributed by atoms with Crippen LogP contribution in [0, 0.1) is 11.7 Å². The van der Waals surface area contributed by atoms with Crippen LogP contribution in [0.4, 0.5) is 4.39 Å². The van der Waals surface area contributed by atoms with Gasteiger partial charge in [0, 0.05) is 50.4 Å². The lowest BCUT2D eigenvalue weighted by molar-refractivity contribution is 0.150. The fraction of sp³-hybridized carbons (Fsp3) is 0.667. The van der Waals surface area contributed by atoms with Crippen molar-refractivity contribution < 1.29 is 9.13 Å². The summed E-state index contributed by atoms with van der Waals surface area (Å²) in [5, 5.41) is 7.37. The lowest BCUT2D eigenvalue weighted by Crippen LogP contribution is -2.49. The number of rotatable bonds is 7. The predicted octanol–water partition coefficient (Wildman–Crippen LogP) is 3.70. The van der Waals surface area contributed by atoms with Gasteiger partial charge in [-0.2, -0.15) is 0 Å². The van der Waals surface area contributed by atoms with Gasteiger partial charge in [-0.05, 0) is 56.2 Å². The Morgan fingerprint density at radius 2 is 2.10 bits per heavy atom. The number of nitrogens with zero attached hydrogens (tertiary/aromatic N) is 2. The maximum absolute atomic E-state index is 13.2. The van der Waals surface area contributed by atoms with Gasteiger partial charge in [-0.15, -0.1) is 24.0 Å². The van der Waals surface area contributed by atoms with E-state index in [9.17, 15) is 4.39 Å². The first-order chi connectivity index (χ1) is 13.6. The van der Waals surface area contributed by atoms with Gasteiger partial charge in [-0.25, -0.2) is 4.39 Å². The van der Waals surface area contributed by atoms with Gasteiger partial charge in [0.2, 0.25) is 0 Å². The van der Waals surface area contributed by atoms with E-state index in [1.807, 2.05) is 0 Å². The zero-order chi connectivity index (χ0) is 19.8. The predicted molar refractivity (Wildman–Crippen MR) is 128 cm³/mol. The Morgan fingerprint density at radius 3 is 2.76 bits per heavy atom. The van der Waals surface area contributed by atoms with Gasteiger partial charge < -0.3 is 20.3 Å². The number of piperidine rings is 1. The Morgan fingerprint density at radius 1 is 1.31 bits per heavy atom. The molecule has 3 rings (SSSR count). The molecule has 0 aliphatic carbocycles. The van der Waals surface area contributed by atoms with Crippen LogP contribution in [-0.4, -0.2) is 62.8 Å². The van der Waals surface area contributed by atoms with Crippen molar-refractivity contribution in [3.63, 3.8) is 0 Å². The van der Waals surface area contributed by atoms with Crippen LogP contribution >= 0.6 is 35.6 Å². The van der Waals surface area contributed by atoms with Gasteiger partial charge in [0.15, 0.2) is 5.96 Å². The van der Waals surface area contributed by atoms with E-state index in [2.05, 4.69) is 27.4 Å². The summed E-state index contributed by atoms with van der Waals surface area (Å²) in [5.41, 5.74) is 0.923. The molecule has 5 nitrogen and oxygen atoms in total. The molecular formula is C21H33ClFIN4O. The van der Waals surface area contributed by atoms with Crippen LogP contribution in [0.2, 0.25) is 5.02 Å². The van der Waals surface area contributed by atoms with Crippen LogP contribution in [0.5, 0.6) is 0 Å². The molecule has 2 N–H and O–H groups in total. The molecule has 164 valence electrons. The van der Waals surface area contributed by atoms with E-state index in [1.165, 1.54) is 25.1 Å². The highest BCUT2D eigenvalue weighted by Crippen LogP contribution is 2.19. The van der Waals surface area contributed by atoms with E-state index in [4.69, 9.17) is 16.3 Å². The molecule has 2 saturated heterocycles. The van der Waals surface area contributed by atoms with Gasteiger partial charge in [0.05, 0.1) is 6.61 Å². The number of hydrogen-bond acceptors (Lipinski definition) is 3. The smallest absolute Gasteiger partial charge is 0.191 e. The first-order valence-corrected chi connectivity index (χ1v) is 10.8. The molecule has 29 heavy (non-hydrogen) atoms. The fourth-order valence-electron chi connectivity index (χ4n) is 3.88. The molecule has 0 saturated carbocycles. The lowest BCUT2D eigenvalue weighted by Gasteiger charge is -2.34. The molecule has 1 atom stereocenters. The summed E-state index contributed by atoms with van der Waals surface area (Å²) in [4.78, 5) is 7.25. The van der Waals surface area contributed by atoms with Crippen molar-refractivity contribution in [1.82, 2.24) is 15.5 Å². The largest absolute Gasteiger partial charge is 0.381 e. The van der Waals surface area contributed by atoms with Crippen molar-refractivity contribution in [3.05, 3.63) is 34.6 Å². The van der Waals surface area contributed by atoms with Gasteiger partial charge in [-0.3, -0.25) is 4.99 Å². The Bertz CT molecular complexity index is 650. The van der Waals surface area contributed by atoms with E-state index in [0.29, 0.717) is 29.9 Å². The second-order valence-corrected chi connectivity index (χ2v) is 8.10. The molecular weight excluding hydrogens is 506 g/mol. The third kappa shape index (κ3) is 8.19. The minimum absolute atomic E-state index is 0. The van der Waals surface area contributed by atoms with Crippen molar-refractivity contribution in [1.29, 1.82) is 0 Å². The SMILES string of the molecule is CCNC(=NCCc1ccc(F)cc1Cl)NC1CCN(CC2CCOC2)CC1.I. The van der Waals surface area contributed by atoms with Gasteiger partial charge in [0.25, 0.3) is 0 Å². The number of halogens is 3. The monoisotopic (exact) mass is 538 g/mol. The highest BCUT2D eigenvalue weighted by atomic mass is 127. The molecule has 2 fully saturated rings. The topological polar surface area (TPSA) is 48.9 Å². The summed E-state index contributed by atoms with van der Waals surface area (Å²) in [6.45, 7) is 8.77. The molecule has 8 heteroatoms. The maximum atomic E-state index is 13.2. The van der Waals surface area contributed by atoms with Crippen LogP contribution in [0.1, 0.15) is 31.7 Å². The van der Waals surface area contributed by atoms with Crippen LogP contribution in [0.25, 0.3) is 0 Å². The molecule has 0 radical (unpaired) electrons. The van der Waals surface area contributed by atoms with E-state index in [1.54, 1.807) is 6.07 Å². The van der Waals surface area contributed by atoms with Crippen molar-refractivity contribution in [2.75, 3.05) is 45.9 Å². The molecule has 2 aliphatic rings. The molecule has 0 bridgehead atoms. The minimum Gasteiger partial charge on any atom is -0.381 e. The lowest BCUT2D eigenvalue weighted by atomic mass is 10.0. The summed E-state index contributed by atoms with van der Waals surface area (Å²) >= 11 is 6.10. The maximum Gasteiger partial charge on any atom is 0.191 e. The highest BCUT2D eigenvalue weighted by molar-refractivity contribution is 14.0. The second-order valence-electron chi connectivity index (χ2n) is 7.70. The Balaban J connectivity index is 0.00000300. The third-order valence-electron chi connectivity index (χ3n) is 5.48. The molecule has 0 spiro atoms. The van der Waals surface area contributed by atoms with Crippen LogP contribution in [0.15, 0.2) is 23.2 Å². The molecule has 2 aliphatic heterocycles. The number of aliphatic imine (C=N–C) groups is 1. The third-order valence-corrected chi connectivity index (χ3v) is 5.83. The zero-order valence-electron chi connectivity index (χ0n) is 17.1. The number of ether oxygens (including phenoxy) is 1. The average Bonchev–Trinajstić information content (AvgIpc) is 3.18. The summed E-state index contributed by atoms with van der Waals surface area (Å²) < 4.78 is 18.7. The zero-order valence-corrected chi connectivity index (χ0v) is 20.2. The highest BCUT2D eigenvalue weighted by Gasteiger charge is 2.24. The van der Waals surface area contributed by atoms with Crippen molar-refractivity contribution in [2.24, 2.45) is 10.9 Å². The molecule has 0 aromatic heterocycles. The number of guanidine groups is 1. The van der Waals surface area contributed by atoms with E-state index in [0.717, 1.165) is 57.2 Å². The summed E-state index contributed by atoms with van der Waals surface area (Å²) in [6.07, 6.45) is 4.15. The summed E-state index contributed by atoms with van der Waals surface area (Å²) in [6, 6.07) is 4.98.